The Morgan fingerprint density at radius 3 is 2.57 bits per heavy atom. The fourth-order valence-corrected chi connectivity index (χ4v) is 2.89. The molecule has 3 aromatic rings. The highest BCUT2D eigenvalue weighted by Gasteiger charge is 2.24. The van der Waals surface area contributed by atoms with Gasteiger partial charge in [0.25, 0.3) is 5.56 Å². The average Bonchev–Trinajstić information content (AvgIpc) is 3.14. The van der Waals surface area contributed by atoms with Crippen molar-refractivity contribution < 1.29 is 19.0 Å². The molecule has 0 amide bonds. The zero-order valence-electron chi connectivity index (χ0n) is 16.1. The van der Waals surface area contributed by atoms with Gasteiger partial charge in [-0.2, -0.15) is 4.68 Å². The fourth-order valence-electron chi connectivity index (χ4n) is 2.89. The number of fused-ring (bicyclic) bond motifs is 1. The van der Waals surface area contributed by atoms with Crippen LogP contribution in [0.4, 0.5) is 0 Å². The Morgan fingerprint density at radius 1 is 1.18 bits per heavy atom. The highest BCUT2D eigenvalue weighted by molar-refractivity contribution is 5.75. The number of nitrogens with zero attached hydrogens (tertiary/aromatic N) is 5. The molecule has 2 heterocycles. The summed E-state index contributed by atoms with van der Waals surface area (Å²) in [6, 6.07) is 4.40. The van der Waals surface area contributed by atoms with Gasteiger partial charge in [-0.25, -0.2) is 9.78 Å². The van der Waals surface area contributed by atoms with Gasteiger partial charge in [-0.1, -0.05) is 12.1 Å². The van der Waals surface area contributed by atoms with Crippen molar-refractivity contribution >= 4 is 17.1 Å². The quantitative estimate of drug-likeness (QED) is 0.561. The van der Waals surface area contributed by atoms with Crippen molar-refractivity contribution in [1.29, 1.82) is 0 Å². The second kappa shape index (κ2) is 8.07. The zero-order chi connectivity index (χ0) is 20.3. The minimum atomic E-state index is -0.768. The van der Waals surface area contributed by atoms with E-state index in [1.165, 1.54) is 22.7 Å². The summed E-state index contributed by atoms with van der Waals surface area (Å²) in [6.45, 7) is 3.73. The predicted octanol–water partition coefficient (Wildman–Crippen LogP) is 1.51. The Kier molecular flexibility index (Phi) is 5.57. The minimum absolute atomic E-state index is 0.0556. The highest BCUT2D eigenvalue weighted by atomic mass is 16.5. The molecule has 2 aromatic heterocycles. The Morgan fingerprint density at radius 2 is 1.93 bits per heavy atom. The summed E-state index contributed by atoms with van der Waals surface area (Å²) in [6.07, 6.45) is 1.70. The van der Waals surface area contributed by atoms with Gasteiger partial charge in [0.2, 0.25) is 0 Å². The molecule has 0 saturated heterocycles. The van der Waals surface area contributed by atoms with Crippen molar-refractivity contribution in [3.8, 4) is 17.2 Å². The zero-order valence-corrected chi connectivity index (χ0v) is 16.1. The molecule has 0 aliphatic heterocycles. The van der Waals surface area contributed by atoms with Crippen molar-refractivity contribution in [2.24, 2.45) is 0 Å². The van der Waals surface area contributed by atoms with E-state index in [1.807, 2.05) is 0 Å². The fraction of sp³-hybridized carbons (Fsp3) is 0.389. The van der Waals surface area contributed by atoms with Gasteiger partial charge >= 0.3 is 5.97 Å². The molecular weight excluding hydrogens is 366 g/mol. The molecule has 1 atom stereocenters. The molecule has 10 nitrogen and oxygen atoms in total. The maximum atomic E-state index is 12.9. The van der Waals surface area contributed by atoms with Crippen LogP contribution in [0.5, 0.6) is 11.5 Å². The number of aromatic nitrogens is 5. The standard InChI is InChI=1S/C18H21N5O5/c1-5-12(18(25)28-6-2)22-10-19-16-15(17(22)24)20-21-23(16)11-7-8-13(26-3)14(9-11)27-4/h7-10,12H,5-6H2,1-4H3/t12-/m0/s1. The summed E-state index contributed by atoms with van der Waals surface area (Å²) in [4.78, 5) is 29.3. The van der Waals surface area contributed by atoms with Crippen LogP contribution < -0.4 is 15.0 Å². The van der Waals surface area contributed by atoms with E-state index in [4.69, 9.17) is 14.2 Å². The van der Waals surface area contributed by atoms with Crippen LogP contribution in [0.25, 0.3) is 16.9 Å². The van der Waals surface area contributed by atoms with Crippen LogP contribution in [0.15, 0.2) is 29.3 Å². The lowest BCUT2D eigenvalue weighted by Gasteiger charge is -2.15. The molecule has 0 aliphatic rings. The van der Waals surface area contributed by atoms with Gasteiger partial charge in [0.05, 0.1) is 26.5 Å². The van der Waals surface area contributed by atoms with E-state index in [2.05, 4.69) is 15.3 Å². The second-order valence-corrected chi connectivity index (χ2v) is 5.85. The van der Waals surface area contributed by atoms with Crippen LogP contribution in [0.3, 0.4) is 0 Å². The third kappa shape index (κ3) is 3.28. The molecule has 0 radical (unpaired) electrons. The largest absolute Gasteiger partial charge is 0.493 e. The van der Waals surface area contributed by atoms with Gasteiger partial charge in [0.1, 0.15) is 12.4 Å². The molecule has 28 heavy (non-hydrogen) atoms. The summed E-state index contributed by atoms with van der Waals surface area (Å²) in [5, 5.41) is 8.01. The van der Waals surface area contributed by atoms with Crippen LogP contribution >= 0.6 is 0 Å². The molecule has 148 valence electrons. The molecule has 1 aromatic carbocycles. The summed E-state index contributed by atoms with van der Waals surface area (Å²) < 4.78 is 18.2. The number of carbonyl (C=O) groups is 1. The van der Waals surface area contributed by atoms with E-state index in [9.17, 15) is 9.59 Å². The van der Waals surface area contributed by atoms with Crippen LogP contribution in [0.2, 0.25) is 0 Å². The Bertz CT molecular complexity index is 1060. The first-order chi connectivity index (χ1) is 13.5. The smallest absolute Gasteiger partial charge is 0.329 e. The third-order valence-electron chi connectivity index (χ3n) is 4.28. The number of benzene rings is 1. The second-order valence-electron chi connectivity index (χ2n) is 5.85. The first-order valence-electron chi connectivity index (χ1n) is 8.77. The van der Waals surface area contributed by atoms with E-state index in [1.54, 1.807) is 39.2 Å². The normalized spacial score (nSPS) is 12.0. The summed E-state index contributed by atoms with van der Waals surface area (Å²) in [5.74, 6) is 0.581. The van der Waals surface area contributed by atoms with Crippen molar-refractivity contribution in [2.45, 2.75) is 26.3 Å². The van der Waals surface area contributed by atoms with E-state index in [-0.39, 0.29) is 17.8 Å². The number of hydrogen-bond donors (Lipinski definition) is 0. The lowest BCUT2D eigenvalue weighted by atomic mass is 10.2. The summed E-state index contributed by atoms with van der Waals surface area (Å²) in [5.41, 5.74) is 0.464. The van der Waals surface area contributed by atoms with Gasteiger partial charge in [-0.3, -0.25) is 9.36 Å². The molecule has 0 unspecified atom stereocenters. The molecule has 0 N–H and O–H groups in total. The molecule has 0 spiro atoms. The molecule has 0 fully saturated rings. The Balaban J connectivity index is 2.09. The summed E-state index contributed by atoms with van der Waals surface area (Å²) >= 11 is 0. The number of carbonyl (C=O) groups excluding carboxylic acids is 1. The van der Waals surface area contributed by atoms with Crippen LogP contribution in [0, 0.1) is 0 Å². The van der Waals surface area contributed by atoms with Crippen molar-refractivity contribution in [1.82, 2.24) is 24.5 Å². The average molecular weight is 387 g/mol. The van der Waals surface area contributed by atoms with Crippen LogP contribution in [-0.2, 0) is 9.53 Å². The number of ether oxygens (including phenoxy) is 3. The summed E-state index contributed by atoms with van der Waals surface area (Å²) in [7, 11) is 3.07. The molecule has 0 bridgehead atoms. The van der Waals surface area contributed by atoms with Crippen LogP contribution in [0.1, 0.15) is 26.3 Å². The topological polar surface area (TPSA) is 110 Å². The van der Waals surface area contributed by atoms with Gasteiger partial charge in [-0.15, -0.1) is 5.10 Å². The first-order valence-corrected chi connectivity index (χ1v) is 8.77. The number of hydrogen-bond acceptors (Lipinski definition) is 8. The van der Waals surface area contributed by atoms with Gasteiger partial charge in [-0.05, 0) is 25.5 Å². The van der Waals surface area contributed by atoms with E-state index in [0.717, 1.165) is 0 Å². The monoisotopic (exact) mass is 387 g/mol. The van der Waals surface area contributed by atoms with Crippen LogP contribution in [-0.4, -0.2) is 51.3 Å². The highest BCUT2D eigenvalue weighted by Crippen LogP contribution is 2.29. The van der Waals surface area contributed by atoms with Gasteiger partial charge in [0, 0.05) is 6.07 Å². The van der Waals surface area contributed by atoms with E-state index < -0.39 is 17.6 Å². The number of methoxy groups -OCH3 is 2. The maximum Gasteiger partial charge on any atom is 0.329 e. The molecule has 3 rings (SSSR count). The lowest BCUT2D eigenvalue weighted by Crippen LogP contribution is -2.31. The number of rotatable bonds is 7. The molecule has 0 saturated carbocycles. The van der Waals surface area contributed by atoms with E-state index in [0.29, 0.717) is 23.6 Å². The lowest BCUT2D eigenvalue weighted by molar-refractivity contribution is -0.147. The Labute approximate surface area is 160 Å². The maximum absolute atomic E-state index is 12.9. The van der Waals surface area contributed by atoms with Crippen molar-refractivity contribution in [2.75, 3.05) is 20.8 Å². The molecule has 10 heteroatoms. The van der Waals surface area contributed by atoms with Crippen molar-refractivity contribution in [3.63, 3.8) is 0 Å². The van der Waals surface area contributed by atoms with Gasteiger partial charge in [0.15, 0.2) is 22.7 Å². The molecular formula is C18H21N5O5. The predicted molar refractivity (Wildman–Crippen MR) is 100.0 cm³/mol. The third-order valence-corrected chi connectivity index (χ3v) is 4.28. The van der Waals surface area contributed by atoms with Crippen molar-refractivity contribution in [3.05, 3.63) is 34.9 Å². The molecule has 0 aliphatic carbocycles. The minimum Gasteiger partial charge on any atom is -0.493 e. The number of esters is 1. The SMILES string of the molecule is CCOC(=O)[C@H](CC)n1cnc2c(nnn2-c2ccc(OC)c(OC)c2)c1=O. The van der Waals surface area contributed by atoms with E-state index >= 15 is 0 Å². The van der Waals surface area contributed by atoms with Gasteiger partial charge < -0.3 is 14.2 Å². The Hall–Kier alpha value is -3.43. The first kappa shape index (κ1) is 19.3.